The third-order valence-corrected chi connectivity index (χ3v) is 9.10. The van der Waals surface area contributed by atoms with E-state index < -0.39 is 36.0 Å². The van der Waals surface area contributed by atoms with Gasteiger partial charge in [-0.1, -0.05) is 61.7 Å². The van der Waals surface area contributed by atoms with Crippen molar-refractivity contribution in [3.05, 3.63) is 12.2 Å². The lowest BCUT2D eigenvalue weighted by Gasteiger charge is -2.37. The number of carbonyl (C=O) groups excluding carboxylic acids is 2. The maximum absolute atomic E-state index is 13.8. The van der Waals surface area contributed by atoms with Gasteiger partial charge >= 0.3 is 11.9 Å². The highest BCUT2D eigenvalue weighted by atomic mass is 35.6. The quantitative estimate of drug-likeness (QED) is 0.244. The summed E-state index contributed by atoms with van der Waals surface area (Å²) in [7, 11) is -2.24. The van der Waals surface area contributed by atoms with Crippen LogP contribution in [0.4, 0.5) is 8.78 Å². The summed E-state index contributed by atoms with van der Waals surface area (Å²) in [6.45, 7) is 11.0. The van der Waals surface area contributed by atoms with E-state index in [1.807, 2.05) is 33.9 Å². The number of hydrogen-bond donors (Lipinski definition) is 1. The van der Waals surface area contributed by atoms with Gasteiger partial charge in [0.15, 0.2) is 8.32 Å². The molecule has 0 rings (SSSR count). The Balaban J connectivity index is 5.40. The maximum Gasteiger partial charge on any atom is 0.381 e. The van der Waals surface area contributed by atoms with Crippen LogP contribution in [-0.2, 0) is 18.8 Å². The summed E-state index contributed by atoms with van der Waals surface area (Å²) in [5.74, 6) is -6.56. The fraction of sp³-hybridized carbons (Fsp3) is 0.750. The Morgan fingerprint density at radius 3 is 2.11 bits per heavy atom. The molecule has 0 aromatic carbocycles. The molecule has 0 fully saturated rings. The maximum atomic E-state index is 13.8. The SMILES string of the molecule is CCOC(=O)C(F)(F)/C=C/C(CO[Si](C)(C)C(C)(C)C)NC(=O)C(Cl)(Cl)Cl. The number of carbonyl (C=O) groups is 2. The minimum Gasteiger partial charge on any atom is -0.461 e. The topological polar surface area (TPSA) is 64.6 Å². The van der Waals surface area contributed by atoms with E-state index in [2.05, 4.69) is 10.1 Å². The molecule has 0 bridgehead atoms. The van der Waals surface area contributed by atoms with Crippen molar-refractivity contribution in [3.63, 3.8) is 0 Å². The molecule has 0 saturated carbocycles. The molecule has 0 aliphatic rings. The number of hydrogen-bond acceptors (Lipinski definition) is 4. The third-order valence-electron chi connectivity index (χ3n) is 4.09. The Morgan fingerprint density at radius 2 is 1.70 bits per heavy atom. The molecule has 1 N–H and O–H groups in total. The van der Waals surface area contributed by atoms with E-state index >= 15 is 0 Å². The fourth-order valence-electron chi connectivity index (χ4n) is 1.44. The van der Waals surface area contributed by atoms with Gasteiger partial charge in [-0.2, -0.15) is 8.78 Å². The summed E-state index contributed by atoms with van der Waals surface area (Å²) in [4.78, 5) is 23.2. The van der Waals surface area contributed by atoms with Crippen molar-refractivity contribution in [2.24, 2.45) is 0 Å². The second-order valence-electron chi connectivity index (χ2n) is 7.35. The van der Waals surface area contributed by atoms with E-state index in [4.69, 9.17) is 39.2 Å². The van der Waals surface area contributed by atoms with Crippen LogP contribution >= 0.6 is 34.8 Å². The first kappa shape index (κ1) is 26.6. The number of esters is 1. The molecular formula is C16H26Cl3F2NO4Si. The lowest BCUT2D eigenvalue weighted by molar-refractivity contribution is -0.164. The zero-order chi connectivity index (χ0) is 21.7. The van der Waals surface area contributed by atoms with Gasteiger partial charge in [-0.25, -0.2) is 4.79 Å². The molecule has 0 aliphatic carbocycles. The van der Waals surface area contributed by atoms with Crippen molar-refractivity contribution in [1.29, 1.82) is 0 Å². The Kier molecular flexibility index (Phi) is 9.72. The molecule has 0 aromatic heterocycles. The molecule has 1 unspecified atom stereocenters. The predicted molar refractivity (Wildman–Crippen MR) is 106 cm³/mol. The van der Waals surface area contributed by atoms with E-state index in [0.29, 0.717) is 6.08 Å². The highest BCUT2D eigenvalue weighted by molar-refractivity contribution is 6.76. The molecule has 0 aliphatic heterocycles. The molecule has 1 amide bonds. The molecule has 11 heteroatoms. The first-order valence-electron chi connectivity index (χ1n) is 8.20. The van der Waals surface area contributed by atoms with Gasteiger partial charge in [0.2, 0.25) is 0 Å². The van der Waals surface area contributed by atoms with E-state index in [1.54, 1.807) is 0 Å². The van der Waals surface area contributed by atoms with Crippen LogP contribution < -0.4 is 5.32 Å². The van der Waals surface area contributed by atoms with Gasteiger partial charge in [0, 0.05) is 0 Å². The molecule has 0 saturated heterocycles. The average molecular weight is 469 g/mol. The zero-order valence-electron chi connectivity index (χ0n) is 16.2. The van der Waals surface area contributed by atoms with Crippen LogP contribution in [0.1, 0.15) is 27.7 Å². The molecular weight excluding hydrogens is 443 g/mol. The largest absolute Gasteiger partial charge is 0.461 e. The number of amides is 1. The molecule has 27 heavy (non-hydrogen) atoms. The van der Waals surface area contributed by atoms with Gasteiger partial charge in [0.1, 0.15) is 0 Å². The van der Waals surface area contributed by atoms with Crippen molar-refractivity contribution in [1.82, 2.24) is 5.32 Å². The zero-order valence-corrected chi connectivity index (χ0v) is 19.4. The van der Waals surface area contributed by atoms with E-state index in [9.17, 15) is 18.4 Å². The van der Waals surface area contributed by atoms with Crippen LogP contribution in [0.5, 0.6) is 0 Å². The third kappa shape index (κ3) is 9.08. The summed E-state index contributed by atoms with van der Waals surface area (Å²) in [6.07, 6.45) is 1.27. The minimum absolute atomic E-state index is 0.127. The molecule has 0 heterocycles. The number of rotatable bonds is 8. The minimum atomic E-state index is -3.87. The monoisotopic (exact) mass is 467 g/mol. The summed E-state index contributed by atoms with van der Waals surface area (Å²) in [6, 6.07) is -1.04. The van der Waals surface area contributed by atoms with Crippen LogP contribution in [0.25, 0.3) is 0 Å². The van der Waals surface area contributed by atoms with Crippen LogP contribution in [0.3, 0.4) is 0 Å². The van der Waals surface area contributed by atoms with E-state index in [0.717, 1.165) is 6.08 Å². The summed E-state index contributed by atoms with van der Waals surface area (Å²) in [5, 5.41) is 2.17. The summed E-state index contributed by atoms with van der Waals surface area (Å²) in [5.41, 5.74) is 0. The second kappa shape index (κ2) is 9.87. The number of halogens is 5. The number of ether oxygens (including phenoxy) is 1. The number of nitrogens with one attached hydrogen (secondary N) is 1. The Morgan fingerprint density at radius 1 is 1.19 bits per heavy atom. The second-order valence-corrected chi connectivity index (χ2v) is 14.4. The molecule has 158 valence electrons. The first-order valence-corrected chi connectivity index (χ1v) is 12.2. The van der Waals surface area contributed by atoms with E-state index in [1.165, 1.54) is 6.92 Å². The van der Waals surface area contributed by atoms with Gasteiger partial charge in [0.25, 0.3) is 9.70 Å². The standard InChI is InChI=1S/C16H26Cl3F2NO4Si/c1-7-25-13(24)15(20,21)9-8-11(22-12(23)16(17,18)19)10-26-27(5,6)14(2,3)4/h8-9,11H,7,10H2,1-6H3,(H,22,23)/b9-8+. The van der Waals surface area contributed by atoms with Crippen molar-refractivity contribution < 1.29 is 27.5 Å². The predicted octanol–water partition coefficient (Wildman–Crippen LogP) is 4.62. The Hall–Kier alpha value is -0.413. The van der Waals surface area contributed by atoms with Gasteiger partial charge in [-0.15, -0.1) is 0 Å². The molecule has 5 nitrogen and oxygen atoms in total. The Labute approximate surface area is 174 Å². The lowest BCUT2D eigenvalue weighted by atomic mass is 10.2. The fourth-order valence-corrected chi connectivity index (χ4v) is 2.64. The van der Waals surface area contributed by atoms with Crippen molar-refractivity contribution in [3.8, 4) is 0 Å². The van der Waals surface area contributed by atoms with Crippen LogP contribution in [0.2, 0.25) is 18.1 Å². The molecule has 0 spiro atoms. The van der Waals surface area contributed by atoms with Gasteiger partial charge in [-0.05, 0) is 31.1 Å². The van der Waals surface area contributed by atoms with Gasteiger partial charge < -0.3 is 14.5 Å². The molecule has 0 radical (unpaired) electrons. The molecule has 0 aromatic rings. The van der Waals surface area contributed by atoms with Crippen molar-refractivity contribution in [2.45, 2.75) is 61.6 Å². The van der Waals surface area contributed by atoms with Gasteiger partial charge in [-0.3, -0.25) is 4.79 Å². The highest BCUT2D eigenvalue weighted by Crippen LogP contribution is 2.36. The van der Waals surface area contributed by atoms with Crippen LogP contribution in [0, 0.1) is 0 Å². The molecule has 1 atom stereocenters. The highest BCUT2D eigenvalue weighted by Gasteiger charge is 2.40. The number of alkyl halides is 5. The summed E-state index contributed by atoms with van der Waals surface area (Å²) >= 11 is 16.5. The van der Waals surface area contributed by atoms with Crippen molar-refractivity contribution >= 4 is 55.0 Å². The lowest BCUT2D eigenvalue weighted by Crippen LogP contribution is -2.48. The van der Waals surface area contributed by atoms with Gasteiger partial charge in [0.05, 0.1) is 19.3 Å². The normalized spacial score (nSPS) is 14.9. The van der Waals surface area contributed by atoms with Crippen LogP contribution in [-0.4, -0.2) is 49.2 Å². The first-order chi connectivity index (χ1) is 11.9. The van der Waals surface area contributed by atoms with E-state index in [-0.39, 0.29) is 18.3 Å². The summed E-state index contributed by atoms with van der Waals surface area (Å²) < 4.78 is 35.6. The Bertz CT molecular complexity index is 561. The average Bonchev–Trinajstić information content (AvgIpc) is 2.47. The van der Waals surface area contributed by atoms with Crippen molar-refractivity contribution in [2.75, 3.05) is 13.2 Å². The smallest absolute Gasteiger partial charge is 0.381 e. The van der Waals surface area contributed by atoms with Crippen LogP contribution in [0.15, 0.2) is 12.2 Å².